The van der Waals surface area contributed by atoms with Crippen molar-refractivity contribution in [1.29, 1.82) is 0 Å². The molecule has 0 radical (unpaired) electrons. The van der Waals surface area contributed by atoms with E-state index >= 15 is 0 Å². The molecule has 6 N–H and O–H groups in total. The van der Waals surface area contributed by atoms with Crippen LogP contribution < -0.4 is 20.9 Å². The lowest BCUT2D eigenvalue weighted by molar-refractivity contribution is -0.128. The van der Waals surface area contributed by atoms with Gasteiger partial charge >= 0.3 is 7.82 Å². The molecule has 2 unspecified atom stereocenters. The van der Waals surface area contributed by atoms with Gasteiger partial charge in [-0.15, -0.1) is 11.3 Å². The highest BCUT2D eigenvalue weighted by molar-refractivity contribution is 7.46. The van der Waals surface area contributed by atoms with Crippen LogP contribution in [0.5, 0.6) is 5.75 Å². The quantitative estimate of drug-likeness (QED) is 0.313. The summed E-state index contributed by atoms with van der Waals surface area (Å²) in [7, 11) is -4.68. The van der Waals surface area contributed by atoms with Gasteiger partial charge in [0.25, 0.3) is 5.91 Å². The van der Waals surface area contributed by atoms with Crippen LogP contribution in [-0.4, -0.2) is 38.5 Å². The zero-order valence-electron chi connectivity index (χ0n) is 17.7. The third-order valence-electron chi connectivity index (χ3n) is 4.35. The van der Waals surface area contributed by atoms with Gasteiger partial charge in [-0.3, -0.25) is 24.2 Å². The molecule has 1 heterocycles. The van der Waals surface area contributed by atoms with Crippen LogP contribution in [-0.2, 0) is 20.6 Å². The molecular weight excluding hydrogens is 459 g/mol. The fraction of sp³-hybridized carbons (Fsp3) is 0.368. The monoisotopic (exact) mass is 484 g/mol. The van der Waals surface area contributed by atoms with Crippen LogP contribution in [0.2, 0.25) is 0 Å². The Labute approximate surface area is 188 Å². The molecule has 0 aliphatic carbocycles. The molecule has 32 heavy (non-hydrogen) atoms. The number of hydrogen-bond donors (Lipinski definition) is 5. The summed E-state index contributed by atoms with van der Waals surface area (Å²) >= 11 is 1.26. The lowest BCUT2D eigenvalue weighted by Gasteiger charge is -2.21. The number of hydrogen-bond acceptors (Lipinski definition) is 7. The largest absolute Gasteiger partial charge is 0.524 e. The lowest BCUT2D eigenvalue weighted by atomic mass is 10.0. The molecule has 13 heteroatoms. The van der Waals surface area contributed by atoms with Crippen molar-refractivity contribution in [3.63, 3.8) is 0 Å². The SMILES string of the molecule is CCC(NC(=O)C(Cc1ccc(OP(=O)(O)O)cc1)NC(C)=O)c1nc(C(N)=O)c(C)s1. The fourth-order valence-electron chi connectivity index (χ4n) is 2.92. The molecule has 2 aromatic rings. The molecule has 11 nitrogen and oxygen atoms in total. The minimum absolute atomic E-state index is 0.0296. The second kappa shape index (κ2) is 10.7. The summed E-state index contributed by atoms with van der Waals surface area (Å²) in [5.41, 5.74) is 6.11. The predicted molar refractivity (Wildman–Crippen MR) is 117 cm³/mol. The van der Waals surface area contributed by atoms with Gasteiger partial charge in [0, 0.05) is 18.2 Å². The van der Waals surface area contributed by atoms with Gasteiger partial charge in [0.1, 0.15) is 22.5 Å². The molecule has 0 spiro atoms. The van der Waals surface area contributed by atoms with Gasteiger partial charge in [0.2, 0.25) is 11.8 Å². The minimum Gasteiger partial charge on any atom is -0.404 e. The third-order valence-corrected chi connectivity index (χ3v) is 5.88. The van der Waals surface area contributed by atoms with Crippen LogP contribution in [0.15, 0.2) is 24.3 Å². The van der Waals surface area contributed by atoms with Crippen molar-refractivity contribution in [3.8, 4) is 5.75 Å². The van der Waals surface area contributed by atoms with Gasteiger partial charge in [0.05, 0.1) is 6.04 Å². The highest BCUT2D eigenvalue weighted by atomic mass is 32.1. The van der Waals surface area contributed by atoms with Crippen LogP contribution in [0.3, 0.4) is 0 Å². The lowest BCUT2D eigenvalue weighted by Crippen LogP contribution is -2.48. The van der Waals surface area contributed by atoms with Gasteiger partial charge in [0.15, 0.2) is 0 Å². The summed E-state index contributed by atoms with van der Waals surface area (Å²) in [4.78, 5) is 58.7. The maximum atomic E-state index is 12.9. The van der Waals surface area contributed by atoms with Crippen molar-refractivity contribution in [2.75, 3.05) is 0 Å². The molecule has 0 saturated heterocycles. The van der Waals surface area contributed by atoms with E-state index in [9.17, 15) is 18.9 Å². The zero-order valence-corrected chi connectivity index (χ0v) is 19.4. The molecule has 0 bridgehead atoms. The number of aryl methyl sites for hydroxylation is 1. The maximum Gasteiger partial charge on any atom is 0.524 e. The van der Waals surface area contributed by atoms with Crippen LogP contribution in [0, 0.1) is 6.92 Å². The number of phosphoric acid groups is 1. The summed E-state index contributed by atoms with van der Waals surface area (Å²) in [5.74, 6) is -1.52. The number of phosphoric ester groups is 1. The molecular formula is C19H25N4O7PS. The second-order valence-corrected chi connectivity index (χ2v) is 9.37. The topological polar surface area (TPSA) is 181 Å². The van der Waals surface area contributed by atoms with Gasteiger partial charge in [-0.1, -0.05) is 19.1 Å². The van der Waals surface area contributed by atoms with E-state index in [1.165, 1.54) is 42.5 Å². The summed E-state index contributed by atoms with van der Waals surface area (Å²) < 4.78 is 15.4. The van der Waals surface area contributed by atoms with Gasteiger partial charge < -0.3 is 20.9 Å². The average molecular weight is 484 g/mol. The van der Waals surface area contributed by atoms with E-state index in [0.29, 0.717) is 21.9 Å². The number of nitrogens with two attached hydrogens (primary N) is 1. The number of benzene rings is 1. The van der Waals surface area contributed by atoms with Crippen molar-refractivity contribution in [2.45, 2.75) is 45.7 Å². The number of rotatable bonds is 10. The van der Waals surface area contributed by atoms with Crippen LogP contribution >= 0.6 is 19.2 Å². The number of carbonyl (C=O) groups is 3. The molecule has 174 valence electrons. The highest BCUT2D eigenvalue weighted by Gasteiger charge is 2.26. The van der Waals surface area contributed by atoms with E-state index in [1.54, 1.807) is 6.92 Å². The number of carbonyl (C=O) groups excluding carboxylic acids is 3. The van der Waals surface area contributed by atoms with Crippen molar-refractivity contribution >= 4 is 36.9 Å². The molecule has 0 saturated carbocycles. The van der Waals surface area contributed by atoms with Crippen molar-refractivity contribution in [2.24, 2.45) is 5.73 Å². The molecule has 2 rings (SSSR count). The number of nitrogens with one attached hydrogen (secondary N) is 2. The van der Waals surface area contributed by atoms with Crippen molar-refractivity contribution in [3.05, 3.63) is 45.4 Å². The van der Waals surface area contributed by atoms with Gasteiger partial charge in [-0.05, 0) is 31.0 Å². The zero-order chi connectivity index (χ0) is 24.1. The first-order valence-electron chi connectivity index (χ1n) is 9.58. The molecule has 0 aliphatic rings. The first-order valence-corrected chi connectivity index (χ1v) is 11.9. The smallest absolute Gasteiger partial charge is 0.404 e. The van der Waals surface area contributed by atoms with Crippen LogP contribution in [0.1, 0.15) is 52.2 Å². The molecule has 3 amide bonds. The first-order chi connectivity index (χ1) is 14.9. The fourth-order valence-corrected chi connectivity index (χ4v) is 4.38. The predicted octanol–water partition coefficient (Wildman–Crippen LogP) is 1.34. The highest BCUT2D eigenvalue weighted by Crippen LogP contribution is 2.37. The standard InChI is InChI=1S/C19H25N4O7PS/c1-4-14(19-23-16(17(20)25)10(2)32-19)22-18(26)15(21-11(3)24)9-12-5-7-13(8-6-12)30-31(27,28)29/h5-8,14-15H,4,9H2,1-3H3,(H2,20,25)(H,21,24)(H,22,26)(H2,27,28,29). The molecule has 1 aromatic heterocycles. The van der Waals surface area contributed by atoms with Gasteiger partial charge in [-0.2, -0.15) is 0 Å². The van der Waals surface area contributed by atoms with Crippen LogP contribution in [0.4, 0.5) is 0 Å². The summed E-state index contributed by atoms with van der Waals surface area (Å²) in [6.07, 6.45) is 0.625. The normalized spacial score (nSPS) is 13.2. The Morgan fingerprint density at radius 1 is 1.22 bits per heavy atom. The third kappa shape index (κ3) is 7.41. The summed E-state index contributed by atoms with van der Waals surface area (Å²) in [5, 5.41) is 5.98. The maximum absolute atomic E-state index is 12.9. The van der Waals surface area contributed by atoms with Gasteiger partial charge in [-0.25, -0.2) is 9.55 Å². The Bertz CT molecular complexity index is 1030. The van der Waals surface area contributed by atoms with Crippen LogP contribution in [0.25, 0.3) is 0 Å². The van der Waals surface area contributed by atoms with E-state index in [4.69, 9.17) is 15.5 Å². The molecule has 2 atom stereocenters. The van der Waals surface area contributed by atoms with E-state index in [1.807, 2.05) is 6.92 Å². The molecule has 0 aliphatic heterocycles. The average Bonchev–Trinajstić information content (AvgIpc) is 3.07. The number of primary amides is 1. The Balaban J connectivity index is 2.16. The first kappa shape index (κ1) is 25.5. The van der Waals surface area contributed by atoms with E-state index < -0.39 is 37.6 Å². The Hall–Kier alpha value is -2.79. The number of thiazole rings is 1. The van der Waals surface area contributed by atoms with E-state index in [-0.39, 0.29) is 17.9 Å². The summed E-state index contributed by atoms with van der Waals surface area (Å²) in [6.45, 7) is 4.85. The number of aromatic nitrogens is 1. The Morgan fingerprint density at radius 3 is 2.31 bits per heavy atom. The van der Waals surface area contributed by atoms with E-state index in [2.05, 4.69) is 20.1 Å². The second-order valence-electron chi connectivity index (χ2n) is 6.97. The molecule has 0 fully saturated rings. The van der Waals surface area contributed by atoms with Crippen molar-refractivity contribution < 1.29 is 33.3 Å². The summed E-state index contributed by atoms with van der Waals surface area (Å²) in [6, 6.07) is 4.40. The van der Waals surface area contributed by atoms with E-state index in [0.717, 1.165) is 0 Å². The minimum atomic E-state index is -4.68. The van der Waals surface area contributed by atoms with Crippen molar-refractivity contribution in [1.82, 2.24) is 15.6 Å². The Morgan fingerprint density at radius 2 is 1.84 bits per heavy atom. The molecule has 1 aromatic carbocycles. The Kier molecular flexibility index (Phi) is 8.51. The number of nitrogens with zero attached hydrogens (tertiary/aromatic N) is 1. The number of amides is 3.